The monoisotopic (exact) mass is 350 g/mol. The van der Waals surface area contributed by atoms with E-state index in [-0.39, 0.29) is 11.8 Å². The lowest BCUT2D eigenvalue weighted by Gasteiger charge is -2.21. The van der Waals surface area contributed by atoms with E-state index in [1.165, 1.54) is 24.0 Å². The van der Waals surface area contributed by atoms with E-state index >= 15 is 0 Å². The number of anilines is 1. The van der Waals surface area contributed by atoms with Gasteiger partial charge < -0.3 is 5.32 Å². The highest BCUT2D eigenvalue weighted by Gasteiger charge is 2.21. The molecule has 3 aromatic rings. The maximum absolute atomic E-state index is 12.6. The molecule has 4 heteroatoms. The van der Waals surface area contributed by atoms with Crippen LogP contribution < -0.4 is 5.32 Å². The summed E-state index contributed by atoms with van der Waals surface area (Å²) in [6.07, 6.45) is 5.63. The van der Waals surface area contributed by atoms with E-state index in [0.29, 0.717) is 0 Å². The van der Waals surface area contributed by atoms with Gasteiger partial charge in [0.2, 0.25) is 5.91 Å². The summed E-state index contributed by atoms with van der Waals surface area (Å²) < 4.78 is 1.19. The molecule has 1 aliphatic rings. The van der Waals surface area contributed by atoms with E-state index in [4.69, 9.17) is 4.98 Å². The smallest absolute Gasteiger partial charge is 0.227 e. The maximum atomic E-state index is 12.6. The molecule has 1 N–H and O–H groups in total. The van der Waals surface area contributed by atoms with Crippen molar-refractivity contribution in [2.24, 2.45) is 5.92 Å². The summed E-state index contributed by atoms with van der Waals surface area (Å²) in [4.78, 5) is 17.3. The molecule has 1 amide bonds. The lowest BCUT2D eigenvalue weighted by molar-refractivity contribution is -0.120. The van der Waals surface area contributed by atoms with E-state index in [1.807, 2.05) is 25.1 Å². The second kappa shape index (κ2) is 6.96. The average molecular weight is 350 g/mol. The lowest BCUT2D eigenvalue weighted by Crippen LogP contribution is -2.25. The Morgan fingerprint density at radius 2 is 1.92 bits per heavy atom. The number of carbonyl (C=O) groups excluding carboxylic acids is 1. The topological polar surface area (TPSA) is 42.0 Å². The quantitative estimate of drug-likeness (QED) is 0.649. The van der Waals surface area contributed by atoms with Gasteiger partial charge in [0.25, 0.3) is 0 Å². The summed E-state index contributed by atoms with van der Waals surface area (Å²) >= 11 is 1.69. The van der Waals surface area contributed by atoms with Crippen LogP contribution >= 0.6 is 11.3 Å². The Morgan fingerprint density at radius 1 is 1.12 bits per heavy atom. The van der Waals surface area contributed by atoms with Gasteiger partial charge in [-0.25, -0.2) is 4.98 Å². The molecule has 0 saturated heterocycles. The molecule has 1 saturated carbocycles. The van der Waals surface area contributed by atoms with E-state index in [0.717, 1.165) is 40.2 Å². The first kappa shape index (κ1) is 16.3. The zero-order valence-electron chi connectivity index (χ0n) is 14.4. The number of fused-ring (bicyclic) bond motifs is 1. The predicted octanol–water partition coefficient (Wildman–Crippen LogP) is 5.79. The lowest BCUT2D eigenvalue weighted by atomic mass is 9.88. The van der Waals surface area contributed by atoms with E-state index in [2.05, 4.69) is 29.6 Å². The van der Waals surface area contributed by atoms with Crippen molar-refractivity contribution in [3.05, 3.63) is 48.0 Å². The van der Waals surface area contributed by atoms with Crippen molar-refractivity contribution in [3.8, 4) is 10.6 Å². The molecular weight excluding hydrogens is 328 g/mol. The van der Waals surface area contributed by atoms with Crippen LogP contribution in [0, 0.1) is 12.8 Å². The van der Waals surface area contributed by atoms with Crippen molar-refractivity contribution >= 4 is 33.1 Å². The molecule has 0 unspecified atom stereocenters. The summed E-state index contributed by atoms with van der Waals surface area (Å²) in [7, 11) is 0. The molecule has 4 rings (SSSR count). The molecule has 0 spiro atoms. The molecule has 2 aromatic carbocycles. The van der Waals surface area contributed by atoms with Gasteiger partial charge in [0, 0.05) is 17.2 Å². The molecule has 25 heavy (non-hydrogen) atoms. The van der Waals surface area contributed by atoms with Gasteiger partial charge in [-0.3, -0.25) is 4.79 Å². The third kappa shape index (κ3) is 3.45. The van der Waals surface area contributed by atoms with Crippen LogP contribution in [0.1, 0.15) is 37.7 Å². The van der Waals surface area contributed by atoms with E-state index < -0.39 is 0 Å². The standard InChI is InChI=1S/C21H22N2OS/c1-14-11-12-16(21-23-17-9-5-6-10-19(17)25-21)13-18(14)22-20(24)15-7-3-2-4-8-15/h5-6,9-13,15H,2-4,7-8H2,1H3,(H,22,24). The number of thiazole rings is 1. The number of para-hydroxylation sites is 1. The van der Waals surface area contributed by atoms with E-state index in [9.17, 15) is 4.79 Å². The first-order valence-electron chi connectivity index (χ1n) is 8.98. The second-order valence-electron chi connectivity index (χ2n) is 6.84. The second-order valence-corrected chi connectivity index (χ2v) is 7.87. The number of rotatable bonds is 3. The first-order valence-corrected chi connectivity index (χ1v) is 9.80. The van der Waals surface area contributed by atoms with Crippen LogP contribution in [0.5, 0.6) is 0 Å². The van der Waals surface area contributed by atoms with Crippen LogP contribution in [0.3, 0.4) is 0 Å². The van der Waals surface area contributed by atoms with Crippen LogP contribution in [0.4, 0.5) is 5.69 Å². The Morgan fingerprint density at radius 3 is 2.72 bits per heavy atom. The number of hydrogen-bond acceptors (Lipinski definition) is 3. The summed E-state index contributed by atoms with van der Waals surface area (Å²) in [6, 6.07) is 14.4. The number of carbonyl (C=O) groups is 1. The van der Waals surface area contributed by atoms with Crippen molar-refractivity contribution in [1.29, 1.82) is 0 Å². The van der Waals surface area contributed by atoms with Gasteiger partial charge in [0.15, 0.2) is 0 Å². The van der Waals surface area contributed by atoms with Crippen molar-refractivity contribution in [3.63, 3.8) is 0 Å². The number of hydrogen-bond donors (Lipinski definition) is 1. The van der Waals surface area contributed by atoms with Crippen molar-refractivity contribution in [2.45, 2.75) is 39.0 Å². The van der Waals surface area contributed by atoms with Crippen LogP contribution in [-0.4, -0.2) is 10.9 Å². The minimum absolute atomic E-state index is 0.166. The van der Waals surface area contributed by atoms with Gasteiger partial charge in [0.1, 0.15) is 5.01 Å². The fourth-order valence-electron chi connectivity index (χ4n) is 3.48. The molecule has 0 aliphatic heterocycles. The minimum Gasteiger partial charge on any atom is -0.326 e. The molecule has 0 atom stereocenters. The van der Waals surface area contributed by atoms with Gasteiger partial charge >= 0.3 is 0 Å². The largest absolute Gasteiger partial charge is 0.326 e. The van der Waals surface area contributed by atoms with Crippen molar-refractivity contribution in [1.82, 2.24) is 4.98 Å². The summed E-state index contributed by atoms with van der Waals surface area (Å²) in [5, 5.41) is 4.16. The van der Waals surface area contributed by atoms with Crippen LogP contribution in [-0.2, 0) is 4.79 Å². The van der Waals surface area contributed by atoms with E-state index in [1.54, 1.807) is 11.3 Å². The molecule has 1 aliphatic carbocycles. The third-order valence-electron chi connectivity index (χ3n) is 5.01. The van der Waals surface area contributed by atoms with Gasteiger partial charge in [-0.05, 0) is 43.5 Å². The van der Waals surface area contributed by atoms with Crippen molar-refractivity contribution in [2.75, 3.05) is 5.32 Å². The Balaban J connectivity index is 1.60. The van der Waals surface area contributed by atoms with Crippen LogP contribution in [0.15, 0.2) is 42.5 Å². The molecule has 1 heterocycles. The number of amides is 1. The first-order chi connectivity index (χ1) is 12.2. The average Bonchev–Trinajstić information content (AvgIpc) is 3.08. The minimum atomic E-state index is 0.166. The highest BCUT2D eigenvalue weighted by atomic mass is 32.1. The maximum Gasteiger partial charge on any atom is 0.227 e. The Labute approximate surface area is 152 Å². The molecule has 128 valence electrons. The van der Waals surface area contributed by atoms with Crippen molar-refractivity contribution < 1.29 is 4.79 Å². The Kier molecular flexibility index (Phi) is 4.53. The summed E-state index contributed by atoms with van der Waals surface area (Å²) in [5.74, 6) is 0.337. The number of nitrogens with zero attached hydrogens (tertiary/aromatic N) is 1. The number of nitrogens with one attached hydrogen (secondary N) is 1. The zero-order chi connectivity index (χ0) is 17.2. The fraction of sp³-hybridized carbons (Fsp3) is 0.333. The molecular formula is C21H22N2OS. The van der Waals surface area contributed by atoms with Gasteiger partial charge in [0.05, 0.1) is 10.2 Å². The SMILES string of the molecule is Cc1ccc(-c2nc3ccccc3s2)cc1NC(=O)C1CCCCC1. The molecule has 0 bridgehead atoms. The van der Waals surface area contributed by atoms with Crippen LogP contribution in [0.2, 0.25) is 0 Å². The number of aryl methyl sites for hydroxylation is 1. The Bertz CT molecular complexity index is 876. The third-order valence-corrected chi connectivity index (χ3v) is 6.10. The molecule has 1 aromatic heterocycles. The normalized spacial score (nSPS) is 15.4. The number of aromatic nitrogens is 1. The Hall–Kier alpha value is -2.20. The highest BCUT2D eigenvalue weighted by Crippen LogP contribution is 2.33. The summed E-state index contributed by atoms with van der Waals surface area (Å²) in [5.41, 5.74) is 4.09. The highest BCUT2D eigenvalue weighted by molar-refractivity contribution is 7.21. The fourth-order valence-corrected chi connectivity index (χ4v) is 4.45. The molecule has 0 radical (unpaired) electrons. The van der Waals surface area contributed by atoms with Gasteiger partial charge in [-0.15, -0.1) is 11.3 Å². The summed E-state index contributed by atoms with van der Waals surface area (Å²) in [6.45, 7) is 2.04. The zero-order valence-corrected chi connectivity index (χ0v) is 15.2. The predicted molar refractivity (Wildman–Crippen MR) is 105 cm³/mol. The van der Waals surface area contributed by atoms with Gasteiger partial charge in [-0.1, -0.05) is 43.5 Å². The number of benzene rings is 2. The van der Waals surface area contributed by atoms with Gasteiger partial charge in [-0.2, -0.15) is 0 Å². The molecule has 3 nitrogen and oxygen atoms in total. The molecule has 1 fully saturated rings. The van der Waals surface area contributed by atoms with Crippen LogP contribution in [0.25, 0.3) is 20.8 Å².